The quantitative estimate of drug-likeness (QED) is 0.752. The van der Waals surface area contributed by atoms with Crippen LogP contribution in [-0.2, 0) is 6.54 Å². The number of aliphatic hydroxyl groups excluding tert-OH is 1. The Morgan fingerprint density at radius 3 is 2.47 bits per heavy atom. The first-order chi connectivity index (χ1) is 7.22. The summed E-state index contributed by atoms with van der Waals surface area (Å²) in [5, 5.41) is 11.5. The van der Waals surface area contributed by atoms with Crippen LogP contribution >= 0.6 is 0 Å². The summed E-state index contributed by atoms with van der Waals surface area (Å²) in [6, 6.07) is 4.92. The number of hydrogen-bond donors (Lipinski definition) is 2. The molecule has 0 spiro atoms. The zero-order valence-corrected chi connectivity index (χ0v) is 9.68. The van der Waals surface area contributed by atoms with Crippen LogP contribution in [0, 0.1) is 12.7 Å². The van der Waals surface area contributed by atoms with Crippen molar-refractivity contribution in [3.8, 4) is 0 Å². The predicted octanol–water partition coefficient (Wildman–Crippen LogP) is 2.24. The minimum Gasteiger partial charge on any atom is -0.395 e. The van der Waals surface area contributed by atoms with E-state index >= 15 is 0 Å². The van der Waals surface area contributed by atoms with Crippen molar-refractivity contribution < 1.29 is 9.50 Å². The molecule has 0 saturated carbocycles. The molecule has 0 atom stereocenters. The smallest absolute Gasteiger partial charge is 0.123 e. The first kappa shape index (κ1) is 14.1. The molecule has 0 aliphatic carbocycles. The molecule has 3 heteroatoms. The molecule has 0 saturated heterocycles. The van der Waals surface area contributed by atoms with Gasteiger partial charge in [-0.2, -0.15) is 0 Å². The molecule has 1 rings (SSSR count). The standard InChI is InChI=1S/C10H14FNO.C2H6/c1-8-4-9(6-10(11)5-8)7-12-2-3-13;1-2/h4-6,12-13H,2-3,7H2,1H3;1-2H3. The Kier molecular flexibility index (Phi) is 7.86. The minimum absolute atomic E-state index is 0.105. The molecular formula is C12H20FNO. The highest BCUT2D eigenvalue weighted by molar-refractivity contribution is 5.23. The van der Waals surface area contributed by atoms with Gasteiger partial charge in [0.25, 0.3) is 0 Å². The van der Waals surface area contributed by atoms with Gasteiger partial charge in [-0.3, -0.25) is 0 Å². The van der Waals surface area contributed by atoms with Crippen LogP contribution in [0.3, 0.4) is 0 Å². The third-order valence-corrected chi connectivity index (χ3v) is 1.72. The lowest BCUT2D eigenvalue weighted by Crippen LogP contribution is -2.17. The van der Waals surface area contributed by atoms with E-state index in [1.165, 1.54) is 12.1 Å². The number of nitrogens with one attached hydrogen (secondary N) is 1. The second-order valence-corrected chi connectivity index (χ2v) is 3.04. The average molecular weight is 213 g/mol. The molecule has 0 bridgehead atoms. The van der Waals surface area contributed by atoms with Crippen molar-refractivity contribution in [2.75, 3.05) is 13.2 Å². The van der Waals surface area contributed by atoms with Crippen LogP contribution in [0.1, 0.15) is 25.0 Å². The second-order valence-electron chi connectivity index (χ2n) is 3.04. The maximum absolute atomic E-state index is 12.9. The van der Waals surface area contributed by atoms with Crippen LogP contribution in [0.25, 0.3) is 0 Å². The Bertz CT molecular complexity index is 256. The minimum atomic E-state index is -0.208. The molecule has 2 nitrogen and oxygen atoms in total. The summed E-state index contributed by atoms with van der Waals surface area (Å²) in [6.07, 6.45) is 0. The SMILES string of the molecule is CC.Cc1cc(F)cc(CNCCO)c1. The fourth-order valence-corrected chi connectivity index (χ4v) is 1.23. The van der Waals surface area contributed by atoms with Crippen LogP contribution < -0.4 is 5.32 Å². The first-order valence-electron chi connectivity index (χ1n) is 5.30. The molecule has 0 amide bonds. The average Bonchev–Trinajstić information content (AvgIpc) is 2.20. The zero-order valence-electron chi connectivity index (χ0n) is 9.68. The Labute approximate surface area is 91.1 Å². The fourth-order valence-electron chi connectivity index (χ4n) is 1.23. The maximum Gasteiger partial charge on any atom is 0.123 e. The summed E-state index contributed by atoms with van der Waals surface area (Å²) in [5.41, 5.74) is 1.83. The van der Waals surface area contributed by atoms with E-state index in [0.717, 1.165) is 11.1 Å². The van der Waals surface area contributed by atoms with E-state index in [4.69, 9.17) is 5.11 Å². The summed E-state index contributed by atoms with van der Waals surface area (Å²) in [6.45, 7) is 7.10. The van der Waals surface area contributed by atoms with Crippen molar-refractivity contribution in [2.24, 2.45) is 0 Å². The van der Waals surface area contributed by atoms with E-state index < -0.39 is 0 Å². The van der Waals surface area contributed by atoms with Gasteiger partial charge in [0.05, 0.1) is 6.61 Å². The Balaban J connectivity index is 0.000000921. The largest absolute Gasteiger partial charge is 0.395 e. The van der Waals surface area contributed by atoms with Crippen molar-refractivity contribution in [1.82, 2.24) is 5.32 Å². The van der Waals surface area contributed by atoms with Crippen molar-refractivity contribution in [1.29, 1.82) is 0 Å². The van der Waals surface area contributed by atoms with E-state index in [9.17, 15) is 4.39 Å². The second kappa shape index (κ2) is 8.38. The van der Waals surface area contributed by atoms with Crippen molar-refractivity contribution >= 4 is 0 Å². The van der Waals surface area contributed by atoms with E-state index in [2.05, 4.69) is 5.32 Å². The number of aryl methyl sites for hydroxylation is 1. The van der Waals surface area contributed by atoms with Crippen LogP contribution in [0.4, 0.5) is 4.39 Å². The number of benzene rings is 1. The van der Waals surface area contributed by atoms with Crippen LogP contribution in [0.2, 0.25) is 0 Å². The fraction of sp³-hybridized carbons (Fsp3) is 0.500. The Hall–Kier alpha value is -0.930. The van der Waals surface area contributed by atoms with Gasteiger partial charge in [0.1, 0.15) is 5.82 Å². The van der Waals surface area contributed by atoms with Gasteiger partial charge in [0.15, 0.2) is 0 Å². The molecule has 86 valence electrons. The zero-order chi connectivity index (χ0) is 11.7. The topological polar surface area (TPSA) is 32.3 Å². The highest BCUT2D eigenvalue weighted by atomic mass is 19.1. The molecule has 0 unspecified atom stereocenters. The number of halogens is 1. The lowest BCUT2D eigenvalue weighted by molar-refractivity contribution is 0.292. The Morgan fingerprint density at radius 1 is 1.27 bits per heavy atom. The van der Waals surface area contributed by atoms with Crippen molar-refractivity contribution in [3.05, 3.63) is 35.1 Å². The summed E-state index contributed by atoms with van der Waals surface area (Å²) < 4.78 is 12.9. The van der Waals surface area contributed by atoms with E-state index in [1.54, 1.807) is 0 Å². The van der Waals surface area contributed by atoms with Crippen LogP contribution in [-0.4, -0.2) is 18.3 Å². The van der Waals surface area contributed by atoms with Gasteiger partial charge in [0, 0.05) is 13.1 Å². The predicted molar refractivity (Wildman–Crippen MR) is 61.3 cm³/mol. The van der Waals surface area contributed by atoms with Gasteiger partial charge >= 0.3 is 0 Å². The number of hydrogen-bond acceptors (Lipinski definition) is 2. The van der Waals surface area contributed by atoms with E-state index in [0.29, 0.717) is 13.1 Å². The van der Waals surface area contributed by atoms with Gasteiger partial charge in [-0.1, -0.05) is 19.9 Å². The van der Waals surface area contributed by atoms with Gasteiger partial charge in [-0.05, 0) is 30.2 Å². The summed E-state index contributed by atoms with van der Waals surface area (Å²) >= 11 is 0. The molecule has 2 N–H and O–H groups in total. The number of aliphatic hydroxyl groups is 1. The van der Waals surface area contributed by atoms with Crippen molar-refractivity contribution in [3.63, 3.8) is 0 Å². The highest BCUT2D eigenvalue weighted by Gasteiger charge is 1.96. The van der Waals surface area contributed by atoms with Crippen LogP contribution in [0.15, 0.2) is 18.2 Å². The highest BCUT2D eigenvalue weighted by Crippen LogP contribution is 2.07. The monoisotopic (exact) mass is 213 g/mol. The normalized spacial score (nSPS) is 9.40. The molecule has 0 aliphatic rings. The molecule has 0 heterocycles. The lowest BCUT2D eigenvalue weighted by atomic mass is 10.1. The molecule has 0 aliphatic heterocycles. The molecule has 1 aromatic rings. The Morgan fingerprint density at radius 2 is 1.93 bits per heavy atom. The molecular weight excluding hydrogens is 193 g/mol. The summed E-state index contributed by atoms with van der Waals surface area (Å²) in [4.78, 5) is 0. The van der Waals surface area contributed by atoms with E-state index in [-0.39, 0.29) is 12.4 Å². The van der Waals surface area contributed by atoms with Crippen LogP contribution in [0.5, 0.6) is 0 Å². The van der Waals surface area contributed by atoms with E-state index in [1.807, 2.05) is 26.8 Å². The number of rotatable bonds is 4. The van der Waals surface area contributed by atoms with Crippen molar-refractivity contribution in [2.45, 2.75) is 27.3 Å². The van der Waals surface area contributed by atoms with Gasteiger partial charge in [0.2, 0.25) is 0 Å². The summed E-state index contributed by atoms with van der Waals surface area (Å²) in [7, 11) is 0. The first-order valence-corrected chi connectivity index (χ1v) is 5.30. The molecule has 0 aromatic heterocycles. The van der Waals surface area contributed by atoms with Gasteiger partial charge in [-0.15, -0.1) is 0 Å². The third-order valence-electron chi connectivity index (χ3n) is 1.72. The molecule has 1 aromatic carbocycles. The maximum atomic E-state index is 12.9. The lowest BCUT2D eigenvalue weighted by Gasteiger charge is -2.04. The third kappa shape index (κ3) is 6.20. The molecule has 0 fully saturated rings. The van der Waals surface area contributed by atoms with Gasteiger partial charge in [-0.25, -0.2) is 4.39 Å². The van der Waals surface area contributed by atoms with Gasteiger partial charge < -0.3 is 10.4 Å². The molecule has 15 heavy (non-hydrogen) atoms. The summed E-state index contributed by atoms with van der Waals surface area (Å²) in [5.74, 6) is -0.208. The molecule has 0 radical (unpaired) electrons.